The van der Waals surface area contributed by atoms with Crippen LogP contribution in [-0.4, -0.2) is 35.3 Å². The van der Waals surface area contributed by atoms with Gasteiger partial charge in [-0.25, -0.2) is 13.1 Å². The van der Waals surface area contributed by atoms with E-state index >= 15 is 0 Å². The molecule has 0 aliphatic heterocycles. The molecule has 0 unspecified atom stereocenters. The van der Waals surface area contributed by atoms with Crippen molar-refractivity contribution >= 4 is 20.9 Å². The highest BCUT2D eigenvalue weighted by Gasteiger charge is 2.13. The molecule has 0 aliphatic carbocycles. The number of aromatic nitrogens is 4. The molecule has 0 saturated carbocycles. The number of fused-ring (bicyclic) bond motifs is 1. The summed E-state index contributed by atoms with van der Waals surface area (Å²) in [6.45, 7) is 2.09. The summed E-state index contributed by atoms with van der Waals surface area (Å²) in [6.07, 6.45) is 2.77. The van der Waals surface area contributed by atoms with Gasteiger partial charge in [0.1, 0.15) is 0 Å². The molecule has 2 aromatic heterocycles. The summed E-state index contributed by atoms with van der Waals surface area (Å²) in [5.74, 6) is 1.08. The molecule has 0 radical (unpaired) electrons. The van der Waals surface area contributed by atoms with Crippen LogP contribution in [0.3, 0.4) is 0 Å². The number of hydrogen-bond donors (Lipinski definition) is 2. The van der Waals surface area contributed by atoms with E-state index in [4.69, 9.17) is 4.52 Å². The number of rotatable bonds is 7. The van der Waals surface area contributed by atoms with E-state index in [9.17, 15) is 8.42 Å². The molecule has 0 saturated heterocycles. The van der Waals surface area contributed by atoms with Crippen molar-refractivity contribution in [3.8, 4) is 0 Å². The minimum atomic E-state index is -3.45. The minimum Gasteiger partial charge on any atom is -0.339 e. The van der Waals surface area contributed by atoms with Crippen molar-refractivity contribution in [2.75, 3.05) is 6.54 Å². The van der Waals surface area contributed by atoms with E-state index in [1.165, 1.54) is 0 Å². The van der Waals surface area contributed by atoms with Gasteiger partial charge in [0.2, 0.25) is 15.9 Å². The van der Waals surface area contributed by atoms with Gasteiger partial charge < -0.3 is 4.52 Å². The maximum Gasteiger partial charge on any atom is 0.240 e. The van der Waals surface area contributed by atoms with E-state index in [1.807, 2.05) is 18.2 Å². The molecule has 0 aliphatic rings. The molecule has 144 valence electrons. The fourth-order valence-electron chi connectivity index (χ4n) is 2.94. The smallest absolute Gasteiger partial charge is 0.240 e. The van der Waals surface area contributed by atoms with Gasteiger partial charge in [0.15, 0.2) is 5.82 Å². The first-order chi connectivity index (χ1) is 13.5. The van der Waals surface area contributed by atoms with Crippen molar-refractivity contribution in [2.45, 2.75) is 24.7 Å². The standard InChI is InChI=1S/C19H19N5O3S/c1-2-21-28(25,26)16-7-4-13(5-8-16)11-19-22-18(24-27-19)10-14-3-6-15-12-20-23-17(15)9-14/h3-9,12,21H,2,10-11H2,1H3,(H,20,23). The van der Waals surface area contributed by atoms with E-state index in [-0.39, 0.29) is 4.90 Å². The Labute approximate surface area is 162 Å². The molecule has 0 amide bonds. The second kappa shape index (κ2) is 7.53. The molecule has 0 atom stereocenters. The molecule has 2 aromatic carbocycles. The van der Waals surface area contributed by atoms with Crippen LogP contribution in [0.2, 0.25) is 0 Å². The number of aromatic amines is 1. The summed E-state index contributed by atoms with van der Waals surface area (Å²) in [5, 5.41) is 12.1. The maximum absolute atomic E-state index is 12.0. The second-order valence-electron chi connectivity index (χ2n) is 6.39. The van der Waals surface area contributed by atoms with E-state index in [1.54, 1.807) is 37.4 Å². The lowest BCUT2D eigenvalue weighted by Crippen LogP contribution is -2.23. The zero-order valence-electron chi connectivity index (χ0n) is 15.2. The van der Waals surface area contributed by atoms with Crippen LogP contribution in [0.1, 0.15) is 29.8 Å². The van der Waals surface area contributed by atoms with Crippen LogP contribution in [0.25, 0.3) is 10.9 Å². The van der Waals surface area contributed by atoms with E-state index in [0.29, 0.717) is 31.1 Å². The number of hydrogen-bond acceptors (Lipinski definition) is 6. The van der Waals surface area contributed by atoms with E-state index in [0.717, 1.165) is 22.0 Å². The predicted molar refractivity (Wildman–Crippen MR) is 103 cm³/mol. The Morgan fingerprint density at radius 1 is 1.07 bits per heavy atom. The van der Waals surface area contributed by atoms with Crippen LogP contribution >= 0.6 is 0 Å². The quantitative estimate of drug-likeness (QED) is 0.495. The minimum absolute atomic E-state index is 0.235. The highest BCUT2D eigenvalue weighted by atomic mass is 32.2. The molecule has 0 spiro atoms. The zero-order valence-corrected chi connectivity index (χ0v) is 16.0. The number of sulfonamides is 1. The van der Waals surface area contributed by atoms with Gasteiger partial charge in [-0.1, -0.05) is 36.3 Å². The number of H-pyrrole nitrogens is 1. The fourth-order valence-corrected chi connectivity index (χ4v) is 3.99. The Morgan fingerprint density at radius 3 is 2.64 bits per heavy atom. The van der Waals surface area contributed by atoms with Gasteiger partial charge >= 0.3 is 0 Å². The molecule has 28 heavy (non-hydrogen) atoms. The summed E-state index contributed by atoms with van der Waals surface area (Å²) in [7, 11) is -3.45. The second-order valence-corrected chi connectivity index (χ2v) is 8.16. The topological polar surface area (TPSA) is 114 Å². The molecule has 8 nitrogen and oxygen atoms in total. The Balaban J connectivity index is 1.44. The first-order valence-electron chi connectivity index (χ1n) is 8.85. The first-order valence-corrected chi connectivity index (χ1v) is 10.3. The van der Waals surface area contributed by atoms with Crippen molar-refractivity contribution < 1.29 is 12.9 Å². The van der Waals surface area contributed by atoms with Crippen molar-refractivity contribution in [1.29, 1.82) is 0 Å². The SMILES string of the molecule is CCNS(=O)(=O)c1ccc(Cc2nc(Cc3ccc4cn[nH]c4c3)no2)cc1. The number of benzene rings is 2. The Kier molecular flexibility index (Phi) is 4.93. The molecule has 0 fully saturated rings. The summed E-state index contributed by atoms with van der Waals surface area (Å²) in [5.41, 5.74) is 2.92. The van der Waals surface area contributed by atoms with Crippen LogP contribution in [0.4, 0.5) is 0 Å². The third-order valence-electron chi connectivity index (χ3n) is 4.30. The Bertz CT molecular complexity index is 1200. The molecule has 4 rings (SSSR count). The maximum atomic E-state index is 12.0. The van der Waals surface area contributed by atoms with Crippen LogP contribution < -0.4 is 4.72 Å². The summed E-state index contributed by atoms with van der Waals surface area (Å²) in [6, 6.07) is 12.7. The van der Waals surface area contributed by atoms with Gasteiger partial charge in [0.25, 0.3) is 0 Å². The van der Waals surface area contributed by atoms with Gasteiger partial charge in [-0.3, -0.25) is 5.10 Å². The van der Waals surface area contributed by atoms with E-state index < -0.39 is 10.0 Å². The monoisotopic (exact) mass is 397 g/mol. The number of nitrogens with zero attached hydrogens (tertiary/aromatic N) is 3. The van der Waals surface area contributed by atoms with Crippen LogP contribution in [0, 0.1) is 0 Å². The summed E-state index contributed by atoms with van der Waals surface area (Å²) >= 11 is 0. The molecule has 0 bridgehead atoms. The average Bonchev–Trinajstić information content (AvgIpc) is 3.31. The Morgan fingerprint density at radius 2 is 1.86 bits per heavy atom. The normalized spacial score (nSPS) is 11.9. The summed E-state index contributed by atoms with van der Waals surface area (Å²) in [4.78, 5) is 4.67. The van der Waals surface area contributed by atoms with E-state index in [2.05, 4.69) is 25.1 Å². The van der Waals surface area contributed by atoms with Gasteiger partial charge in [0.05, 0.1) is 23.0 Å². The van der Waals surface area contributed by atoms with Gasteiger partial charge in [-0.05, 0) is 29.3 Å². The van der Waals surface area contributed by atoms with Crippen LogP contribution in [0.15, 0.2) is 58.1 Å². The molecule has 4 aromatic rings. The van der Waals surface area contributed by atoms with Crippen LogP contribution in [-0.2, 0) is 22.9 Å². The third-order valence-corrected chi connectivity index (χ3v) is 5.86. The van der Waals surface area contributed by atoms with Crippen molar-refractivity contribution in [1.82, 2.24) is 25.1 Å². The molecule has 2 N–H and O–H groups in total. The lowest BCUT2D eigenvalue weighted by atomic mass is 10.1. The zero-order chi connectivity index (χ0) is 19.6. The van der Waals surface area contributed by atoms with Gasteiger partial charge in [0, 0.05) is 18.4 Å². The molecule has 9 heteroatoms. The third kappa shape index (κ3) is 3.95. The van der Waals surface area contributed by atoms with Gasteiger partial charge in [-0.2, -0.15) is 10.1 Å². The largest absolute Gasteiger partial charge is 0.339 e. The average molecular weight is 397 g/mol. The lowest BCUT2D eigenvalue weighted by molar-refractivity contribution is 0.380. The fraction of sp³-hybridized carbons (Fsp3) is 0.211. The Hall–Kier alpha value is -3.04. The highest BCUT2D eigenvalue weighted by molar-refractivity contribution is 7.89. The summed E-state index contributed by atoms with van der Waals surface area (Å²) < 4.78 is 31.8. The van der Waals surface area contributed by atoms with Crippen molar-refractivity contribution in [3.05, 3.63) is 71.5 Å². The van der Waals surface area contributed by atoms with Crippen molar-refractivity contribution in [2.24, 2.45) is 0 Å². The molecular weight excluding hydrogens is 378 g/mol. The molecule has 2 heterocycles. The number of nitrogens with one attached hydrogen (secondary N) is 2. The van der Waals surface area contributed by atoms with Gasteiger partial charge in [-0.15, -0.1) is 0 Å². The lowest BCUT2D eigenvalue weighted by Gasteiger charge is -2.05. The first kappa shape index (κ1) is 18.3. The predicted octanol–water partition coefficient (Wildman–Crippen LogP) is 2.43. The van der Waals surface area contributed by atoms with Crippen LogP contribution in [0.5, 0.6) is 0 Å². The highest BCUT2D eigenvalue weighted by Crippen LogP contribution is 2.16. The molecular formula is C19H19N5O3S. The van der Waals surface area contributed by atoms with Crippen molar-refractivity contribution in [3.63, 3.8) is 0 Å².